The molecule has 5 heteroatoms. The smallest absolute Gasteiger partial charge is 0.312 e. The number of esters is 1. The Labute approximate surface area is 160 Å². The first kappa shape index (κ1) is 19.2. The Kier molecular flexibility index (Phi) is 5.42. The Morgan fingerprint density at radius 3 is 2.52 bits per heavy atom. The summed E-state index contributed by atoms with van der Waals surface area (Å²) in [5, 5.41) is 0. The zero-order chi connectivity index (χ0) is 19.6. The fourth-order valence-corrected chi connectivity index (χ4v) is 3.57. The van der Waals surface area contributed by atoms with Crippen molar-refractivity contribution in [2.45, 2.75) is 19.8 Å². The summed E-state index contributed by atoms with van der Waals surface area (Å²) < 4.78 is 17.3. The van der Waals surface area contributed by atoms with Crippen LogP contribution in [-0.2, 0) is 9.53 Å². The second-order valence-electron chi connectivity index (χ2n) is 7.61. The Bertz CT molecular complexity index is 829. The van der Waals surface area contributed by atoms with Gasteiger partial charge in [-0.1, -0.05) is 30.3 Å². The monoisotopic (exact) mass is 369 g/mol. The van der Waals surface area contributed by atoms with Crippen molar-refractivity contribution in [3.05, 3.63) is 53.6 Å². The van der Waals surface area contributed by atoms with Gasteiger partial charge in [0.25, 0.3) is 0 Å². The number of likely N-dealkylation sites (N-methyl/N-ethyl adjacent to an activating group) is 1. The maximum absolute atomic E-state index is 12.6. The van der Waals surface area contributed by atoms with E-state index >= 15 is 0 Å². The first-order valence-corrected chi connectivity index (χ1v) is 9.12. The fraction of sp³-hybridized carbons (Fsp3) is 0.409. The van der Waals surface area contributed by atoms with Crippen LogP contribution < -0.4 is 9.47 Å². The quantitative estimate of drug-likeness (QED) is 0.719. The van der Waals surface area contributed by atoms with E-state index in [-0.39, 0.29) is 11.9 Å². The average Bonchev–Trinajstić information content (AvgIpc) is 2.65. The molecule has 0 saturated heterocycles. The molecule has 0 bridgehead atoms. The van der Waals surface area contributed by atoms with Crippen molar-refractivity contribution < 1.29 is 19.0 Å². The number of benzene rings is 2. The number of hydrogen-bond donors (Lipinski definition) is 0. The van der Waals surface area contributed by atoms with E-state index < -0.39 is 5.41 Å². The molecule has 2 aromatic rings. The van der Waals surface area contributed by atoms with Crippen LogP contribution in [0, 0.1) is 5.41 Å². The van der Waals surface area contributed by atoms with Gasteiger partial charge in [0.15, 0.2) is 11.5 Å². The van der Waals surface area contributed by atoms with Gasteiger partial charge in [0.05, 0.1) is 12.5 Å². The van der Waals surface area contributed by atoms with Crippen molar-refractivity contribution in [3.63, 3.8) is 0 Å². The van der Waals surface area contributed by atoms with Gasteiger partial charge in [-0.05, 0) is 40.1 Å². The lowest BCUT2D eigenvalue weighted by molar-refractivity contribution is -0.151. The van der Waals surface area contributed by atoms with E-state index in [1.165, 1.54) is 7.11 Å². The van der Waals surface area contributed by atoms with Crippen LogP contribution in [0.1, 0.15) is 30.9 Å². The number of carbonyl (C=O) groups is 1. The lowest BCUT2D eigenvalue weighted by Crippen LogP contribution is -2.34. The van der Waals surface area contributed by atoms with E-state index in [1.54, 1.807) is 0 Å². The molecule has 0 spiro atoms. The van der Waals surface area contributed by atoms with Gasteiger partial charge < -0.3 is 19.1 Å². The van der Waals surface area contributed by atoms with Crippen LogP contribution >= 0.6 is 0 Å². The summed E-state index contributed by atoms with van der Waals surface area (Å²) in [5.41, 5.74) is 1.16. The average molecular weight is 369 g/mol. The summed E-state index contributed by atoms with van der Waals surface area (Å²) in [6.45, 7) is 5.18. The van der Waals surface area contributed by atoms with Crippen LogP contribution in [0.4, 0.5) is 0 Å². The maximum Gasteiger partial charge on any atom is 0.312 e. The molecule has 1 atom stereocenters. The summed E-state index contributed by atoms with van der Waals surface area (Å²) in [7, 11) is 5.44. The number of rotatable bonds is 6. The van der Waals surface area contributed by atoms with Gasteiger partial charge >= 0.3 is 5.97 Å². The zero-order valence-electron chi connectivity index (χ0n) is 16.6. The minimum Gasteiger partial charge on any atom is -0.488 e. The van der Waals surface area contributed by atoms with Crippen LogP contribution in [0.3, 0.4) is 0 Å². The van der Waals surface area contributed by atoms with Crippen molar-refractivity contribution in [2.24, 2.45) is 5.41 Å². The summed E-state index contributed by atoms with van der Waals surface area (Å²) in [6.07, 6.45) is 0. The minimum atomic E-state index is -0.758. The van der Waals surface area contributed by atoms with E-state index in [0.717, 1.165) is 23.4 Å². The van der Waals surface area contributed by atoms with Crippen LogP contribution in [0.2, 0.25) is 0 Å². The largest absolute Gasteiger partial charge is 0.488 e. The second kappa shape index (κ2) is 7.61. The molecule has 0 aromatic heterocycles. The molecular formula is C22H27NO4. The molecule has 0 amide bonds. The Morgan fingerprint density at radius 2 is 1.81 bits per heavy atom. The molecule has 0 N–H and O–H groups in total. The topological polar surface area (TPSA) is 48.0 Å². The number of hydrogen-bond acceptors (Lipinski definition) is 5. The highest BCUT2D eigenvalue weighted by Crippen LogP contribution is 2.54. The third-order valence-electron chi connectivity index (χ3n) is 4.99. The minimum absolute atomic E-state index is 0.192. The van der Waals surface area contributed by atoms with Gasteiger partial charge in [-0.25, -0.2) is 0 Å². The molecule has 0 aliphatic carbocycles. The van der Waals surface area contributed by atoms with Gasteiger partial charge in [-0.2, -0.15) is 0 Å². The van der Waals surface area contributed by atoms with Gasteiger partial charge in [-0.15, -0.1) is 0 Å². The van der Waals surface area contributed by atoms with Gasteiger partial charge in [-0.3, -0.25) is 4.79 Å². The normalized spacial score (nSPS) is 15.6. The summed E-state index contributed by atoms with van der Waals surface area (Å²) in [6, 6.07) is 13.7. The molecule has 1 heterocycles. The van der Waals surface area contributed by atoms with Crippen molar-refractivity contribution in [3.8, 4) is 17.2 Å². The highest BCUT2D eigenvalue weighted by atomic mass is 16.5. The molecule has 0 radical (unpaired) electrons. The number of carbonyl (C=O) groups excluding carboxylic acids is 1. The van der Waals surface area contributed by atoms with Gasteiger partial charge in [0.2, 0.25) is 0 Å². The number of para-hydroxylation sites is 2. The molecule has 5 nitrogen and oxygen atoms in total. The van der Waals surface area contributed by atoms with Gasteiger partial charge in [0.1, 0.15) is 12.4 Å². The van der Waals surface area contributed by atoms with Gasteiger partial charge in [0, 0.05) is 23.6 Å². The van der Waals surface area contributed by atoms with E-state index in [2.05, 4.69) is 4.90 Å². The zero-order valence-corrected chi connectivity index (χ0v) is 16.6. The Balaban J connectivity index is 2.08. The standard InChI is InChI=1S/C22H27NO4/c1-22(2,21(24)25-5)19-15-9-6-7-11-17(15)27-20-16(19)10-8-12-18(20)26-14-13-23(3)4/h6-12,19H,13-14H2,1-5H3. The highest BCUT2D eigenvalue weighted by Gasteiger charge is 2.44. The third kappa shape index (κ3) is 3.65. The highest BCUT2D eigenvalue weighted by molar-refractivity contribution is 5.79. The molecule has 2 aromatic carbocycles. The fourth-order valence-electron chi connectivity index (χ4n) is 3.57. The third-order valence-corrected chi connectivity index (χ3v) is 4.99. The van der Waals surface area contributed by atoms with E-state index in [1.807, 2.05) is 70.4 Å². The Morgan fingerprint density at radius 1 is 1.11 bits per heavy atom. The van der Waals surface area contributed by atoms with Crippen molar-refractivity contribution in [1.29, 1.82) is 0 Å². The summed E-state index contributed by atoms with van der Waals surface area (Å²) in [4.78, 5) is 14.6. The SMILES string of the molecule is COC(=O)C(C)(C)C1c2ccccc2Oc2c(OCCN(C)C)cccc21. The van der Waals surface area contributed by atoms with Crippen LogP contribution in [0.25, 0.3) is 0 Å². The van der Waals surface area contributed by atoms with E-state index in [9.17, 15) is 4.79 Å². The summed E-state index contributed by atoms with van der Waals surface area (Å²) in [5.74, 6) is 1.67. The van der Waals surface area contributed by atoms with E-state index in [0.29, 0.717) is 18.1 Å². The second-order valence-corrected chi connectivity index (χ2v) is 7.61. The molecule has 1 aliphatic heterocycles. The lowest BCUT2D eigenvalue weighted by atomic mass is 9.70. The van der Waals surface area contributed by atoms with Crippen LogP contribution in [0.5, 0.6) is 17.2 Å². The number of fused-ring (bicyclic) bond motifs is 2. The molecule has 27 heavy (non-hydrogen) atoms. The van der Waals surface area contributed by atoms with Crippen LogP contribution in [-0.4, -0.2) is 45.2 Å². The van der Waals surface area contributed by atoms with E-state index in [4.69, 9.17) is 14.2 Å². The molecule has 1 aliphatic rings. The first-order valence-electron chi connectivity index (χ1n) is 9.12. The maximum atomic E-state index is 12.6. The number of nitrogens with zero attached hydrogens (tertiary/aromatic N) is 1. The molecule has 144 valence electrons. The Hall–Kier alpha value is -2.53. The molecule has 0 saturated carbocycles. The predicted octanol–water partition coefficient (Wildman–Crippen LogP) is 4.06. The molecular weight excluding hydrogens is 342 g/mol. The predicted molar refractivity (Wildman–Crippen MR) is 105 cm³/mol. The van der Waals surface area contributed by atoms with Crippen molar-refractivity contribution in [1.82, 2.24) is 4.90 Å². The van der Waals surface area contributed by atoms with Crippen molar-refractivity contribution in [2.75, 3.05) is 34.4 Å². The first-order chi connectivity index (χ1) is 12.9. The lowest BCUT2D eigenvalue weighted by Gasteiger charge is -2.37. The molecule has 1 unspecified atom stereocenters. The van der Waals surface area contributed by atoms with Crippen molar-refractivity contribution >= 4 is 5.97 Å². The number of methoxy groups -OCH3 is 1. The molecule has 3 rings (SSSR count). The summed E-state index contributed by atoms with van der Waals surface area (Å²) >= 11 is 0. The molecule has 0 fully saturated rings. The number of ether oxygens (including phenoxy) is 3. The van der Waals surface area contributed by atoms with Crippen LogP contribution in [0.15, 0.2) is 42.5 Å².